The molecule has 2 atom stereocenters. The minimum absolute atomic E-state index is 0.0961. The highest BCUT2D eigenvalue weighted by atomic mass is 16.4. The second-order valence-corrected chi connectivity index (χ2v) is 4.03. The third-order valence-electron chi connectivity index (χ3n) is 2.45. The number of furan rings is 1. The van der Waals surface area contributed by atoms with Gasteiger partial charge in [-0.1, -0.05) is 13.3 Å². The largest absolute Gasteiger partial charge is 0.480 e. The van der Waals surface area contributed by atoms with Gasteiger partial charge in [-0.2, -0.15) is 0 Å². The monoisotopic (exact) mass is 225 g/mol. The van der Waals surface area contributed by atoms with Crippen molar-refractivity contribution in [3.8, 4) is 0 Å². The van der Waals surface area contributed by atoms with Crippen LogP contribution in [0.2, 0.25) is 0 Å². The van der Waals surface area contributed by atoms with Crippen molar-refractivity contribution in [2.45, 2.75) is 45.2 Å². The van der Waals surface area contributed by atoms with Gasteiger partial charge in [0.15, 0.2) is 0 Å². The van der Waals surface area contributed by atoms with Crippen LogP contribution < -0.4 is 5.32 Å². The number of hydrogen-bond donors (Lipinski definition) is 2. The minimum Gasteiger partial charge on any atom is -0.480 e. The van der Waals surface area contributed by atoms with Gasteiger partial charge in [-0.15, -0.1) is 0 Å². The lowest BCUT2D eigenvalue weighted by atomic mass is 10.1. The molecular formula is C12H19NO3. The summed E-state index contributed by atoms with van der Waals surface area (Å²) in [7, 11) is 0. The smallest absolute Gasteiger partial charge is 0.320 e. The zero-order valence-corrected chi connectivity index (χ0v) is 9.77. The fourth-order valence-corrected chi connectivity index (χ4v) is 1.70. The molecule has 2 N–H and O–H groups in total. The Bertz CT molecular complexity index is 308. The molecule has 4 nitrogen and oxygen atoms in total. The summed E-state index contributed by atoms with van der Waals surface area (Å²) >= 11 is 0. The first-order valence-electron chi connectivity index (χ1n) is 5.64. The number of rotatable bonds is 7. The lowest BCUT2D eigenvalue weighted by molar-refractivity contribution is -0.139. The topological polar surface area (TPSA) is 62.5 Å². The van der Waals surface area contributed by atoms with E-state index >= 15 is 0 Å². The molecule has 1 heterocycles. The molecule has 0 bridgehead atoms. The summed E-state index contributed by atoms with van der Waals surface area (Å²) < 4.78 is 5.22. The van der Waals surface area contributed by atoms with Crippen molar-refractivity contribution in [1.29, 1.82) is 0 Å². The lowest BCUT2D eigenvalue weighted by Gasteiger charge is -2.18. The number of aliphatic carboxylic acids is 1. The van der Waals surface area contributed by atoms with E-state index in [1.807, 2.05) is 26.0 Å². The Morgan fingerprint density at radius 3 is 2.88 bits per heavy atom. The number of carbonyl (C=O) groups is 1. The van der Waals surface area contributed by atoms with Crippen LogP contribution in [-0.2, 0) is 11.2 Å². The fourth-order valence-electron chi connectivity index (χ4n) is 1.70. The van der Waals surface area contributed by atoms with Gasteiger partial charge in [0, 0.05) is 12.5 Å². The maximum atomic E-state index is 10.9. The van der Waals surface area contributed by atoms with Crippen molar-refractivity contribution in [1.82, 2.24) is 5.32 Å². The van der Waals surface area contributed by atoms with Crippen molar-refractivity contribution in [3.63, 3.8) is 0 Å². The summed E-state index contributed by atoms with van der Waals surface area (Å²) in [6, 6.07) is 3.37. The Kier molecular flexibility index (Phi) is 5.05. The van der Waals surface area contributed by atoms with Crippen molar-refractivity contribution < 1.29 is 14.3 Å². The van der Waals surface area contributed by atoms with Gasteiger partial charge in [-0.25, -0.2) is 0 Å². The highest BCUT2D eigenvalue weighted by molar-refractivity contribution is 5.73. The molecule has 0 spiro atoms. The van der Waals surface area contributed by atoms with Crippen LogP contribution in [-0.4, -0.2) is 23.2 Å². The van der Waals surface area contributed by atoms with E-state index in [1.165, 1.54) is 0 Å². The van der Waals surface area contributed by atoms with E-state index in [9.17, 15) is 4.79 Å². The molecular weight excluding hydrogens is 206 g/mol. The van der Waals surface area contributed by atoms with E-state index < -0.39 is 12.0 Å². The average molecular weight is 225 g/mol. The summed E-state index contributed by atoms with van der Waals surface area (Å²) in [4.78, 5) is 10.9. The highest BCUT2D eigenvalue weighted by Crippen LogP contribution is 2.06. The molecule has 0 amide bonds. The Balaban J connectivity index is 2.42. The van der Waals surface area contributed by atoms with E-state index in [2.05, 4.69) is 5.32 Å². The van der Waals surface area contributed by atoms with Gasteiger partial charge in [-0.3, -0.25) is 4.79 Å². The van der Waals surface area contributed by atoms with Crippen molar-refractivity contribution in [2.24, 2.45) is 0 Å². The zero-order chi connectivity index (χ0) is 12.0. The number of carboxylic acids is 1. The van der Waals surface area contributed by atoms with Crippen molar-refractivity contribution in [2.75, 3.05) is 0 Å². The predicted molar refractivity (Wildman–Crippen MR) is 61.3 cm³/mol. The number of nitrogens with one attached hydrogen (secondary N) is 1. The summed E-state index contributed by atoms with van der Waals surface area (Å²) in [5, 5.41) is 12.1. The quantitative estimate of drug-likeness (QED) is 0.745. The molecule has 90 valence electrons. The third-order valence-corrected chi connectivity index (χ3v) is 2.45. The molecule has 0 fully saturated rings. The van der Waals surface area contributed by atoms with Crippen LogP contribution in [0.4, 0.5) is 0 Å². The molecule has 0 aliphatic rings. The van der Waals surface area contributed by atoms with Crippen molar-refractivity contribution in [3.05, 3.63) is 24.2 Å². The minimum atomic E-state index is -0.784. The molecule has 1 rings (SSSR count). The Morgan fingerprint density at radius 2 is 2.38 bits per heavy atom. The van der Waals surface area contributed by atoms with Gasteiger partial charge in [0.25, 0.3) is 0 Å². The normalized spacial score (nSPS) is 14.6. The van der Waals surface area contributed by atoms with Gasteiger partial charge < -0.3 is 14.8 Å². The van der Waals surface area contributed by atoms with E-state index in [0.717, 1.165) is 12.2 Å². The van der Waals surface area contributed by atoms with Crippen LogP contribution in [0.3, 0.4) is 0 Å². The summed E-state index contributed by atoms with van der Waals surface area (Å²) in [5.41, 5.74) is 0. The highest BCUT2D eigenvalue weighted by Gasteiger charge is 2.18. The molecule has 0 aliphatic carbocycles. The van der Waals surface area contributed by atoms with Crippen molar-refractivity contribution >= 4 is 5.97 Å². The molecule has 0 aliphatic heterocycles. The number of hydrogen-bond acceptors (Lipinski definition) is 3. The van der Waals surface area contributed by atoms with Crippen LogP contribution in [0, 0.1) is 0 Å². The van der Waals surface area contributed by atoms with Gasteiger partial charge in [0.05, 0.1) is 6.26 Å². The van der Waals surface area contributed by atoms with Crippen LogP contribution in [0.15, 0.2) is 22.8 Å². The molecule has 4 heteroatoms. The Hall–Kier alpha value is -1.29. The maximum Gasteiger partial charge on any atom is 0.320 e. The predicted octanol–water partition coefficient (Wildman–Crippen LogP) is 2.05. The molecule has 0 saturated heterocycles. The van der Waals surface area contributed by atoms with E-state index in [1.54, 1.807) is 6.26 Å². The van der Waals surface area contributed by atoms with Crippen LogP contribution >= 0.6 is 0 Å². The SMILES string of the molecule is CCCC(NC(C)Cc1ccco1)C(=O)O. The first kappa shape index (κ1) is 12.8. The molecule has 0 aromatic carbocycles. The number of carboxylic acid groups (broad SMARTS) is 1. The Labute approximate surface area is 95.7 Å². The summed E-state index contributed by atoms with van der Waals surface area (Å²) in [6.45, 7) is 3.95. The zero-order valence-electron chi connectivity index (χ0n) is 9.77. The van der Waals surface area contributed by atoms with E-state index in [0.29, 0.717) is 12.8 Å². The van der Waals surface area contributed by atoms with Gasteiger partial charge in [0.2, 0.25) is 0 Å². The van der Waals surface area contributed by atoms with Gasteiger partial charge >= 0.3 is 5.97 Å². The molecule has 16 heavy (non-hydrogen) atoms. The van der Waals surface area contributed by atoms with Gasteiger partial charge in [-0.05, 0) is 25.5 Å². The van der Waals surface area contributed by atoms with Gasteiger partial charge in [0.1, 0.15) is 11.8 Å². The maximum absolute atomic E-state index is 10.9. The first-order valence-corrected chi connectivity index (χ1v) is 5.64. The second kappa shape index (κ2) is 6.33. The third kappa shape index (κ3) is 4.06. The van der Waals surface area contributed by atoms with E-state index in [-0.39, 0.29) is 6.04 Å². The first-order chi connectivity index (χ1) is 7.63. The standard InChI is InChI=1S/C12H19NO3/c1-3-5-11(12(14)15)13-9(2)8-10-6-4-7-16-10/h4,6-7,9,11,13H,3,5,8H2,1-2H3,(H,14,15). The lowest BCUT2D eigenvalue weighted by Crippen LogP contribution is -2.42. The van der Waals surface area contributed by atoms with Crippen LogP contribution in [0.25, 0.3) is 0 Å². The molecule has 1 aromatic rings. The van der Waals surface area contributed by atoms with Crippen LogP contribution in [0.1, 0.15) is 32.4 Å². The average Bonchev–Trinajstić information content (AvgIpc) is 2.69. The summed E-state index contributed by atoms with van der Waals surface area (Å²) in [6.07, 6.45) is 3.85. The fraction of sp³-hybridized carbons (Fsp3) is 0.583. The van der Waals surface area contributed by atoms with E-state index in [4.69, 9.17) is 9.52 Å². The molecule has 2 unspecified atom stereocenters. The molecule has 0 saturated carbocycles. The second-order valence-electron chi connectivity index (χ2n) is 4.03. The summed E-state index contributed by atoms with van der Waals surface area (Å²) in [5.74, 6) is 0.0915. The Morgan fingerprint density at radius 1 is 1.62 bits per heavy atom. The molecule has 1 aromatic heterocycles. The van der Waals surface area contributed by atoms with Crippen LogP contribution in [0.5, 0.6) is 0 Å². The molecule has 0 radical (unpaired) electrons.